The van der Waals surface area contributed by atoms with Crippen LogP contribution >= 0.6 is 0 Å². The SMILES string of the molecule is CC(C)N1CC[C@@H](CN2CCc3nc(-c4ccc(F)cc4F)[nH]c3C2)C1. The highest BCUT2D eigenvalue weighted by Gasteiger charge is 2.28. The van der Waals surface area contributed by atoms with E-state index < -0.39 is 11.6 Å². The van der Waals surface area contributed by atoms with Gasteiger partial charge in [0.05, 0.1) is 17.0 Å². The van der Waals surface area contributed by atoms with Crippen LogP contribution in [-0.4, -0.2) is 52.0 Å². The molecule has 1 N–H and O–H groups in total. The Morgan fingerprint density at radius 1 is 1.27 bits per heavy atom. The molecule has 140 valence electrons. The van der Waals surface area contributed by atoms with E-state index >= 15 is 0 Å². The second-order valence-electron chi connectivity index (χ2n) is 7.86. The molecule has 0 saturated carbocycles. The van der Waals surface area contributed by atoms with E-state index in [1.54, 1.807) is 0 Å². The third-order valence-electron chi connectivity index (χ3n) is 5.66. The van der Waals surface area contributed by atoms with Crippen molar-refractivity contribution in [3.8, 4) is 11.4 Å². The predicted octanol–water partition coefficient (Wildman–Crippen LogP) is 3.44. The number of aromatic nitrogens is 2. The van der Waals surface area contributed by atoms with Crippen LogP contribution in [0, 0.1) is 17.6 Å². The fourth-order valence-corrected chi connectivity index (χ4v) is 4.16. The number of halogens is 2. The van der Waals surface area contributed by atoms with Crippen molar-refractivity contribution in [1.82, 2.24) is 19.8 Å². The third-order valence-corrected chi connectivity index (χ3v) is 5.66. The smallest absolute Gasteiger partial charge is 0.140 e. The van der Waals surface area contributed by atoms with Crippen molar-refractivity contribution in [2.45, 2.75) is 39.3 Å². The summed E-state index contributed by atoms with van der Waals surface area (Å²) in [5.41, 5.74) is 2.40. The van der Waals surface area contributed by atoms with E-state index in [9.17, 15) is 8.78 Å². The molecule has 4 rings (SSSR count). The maximum absolute atomic E-state index is 14.0. The van der Waals surface area contributed by atoms with Gasteiger partial charge in [0.1, 0.15) is 17.5 Å². The summed E-state index contributed by atoms with van der Waals surface area (Å²) in [5.74, 6) is 0.0746. The zero-order valence-electron chi connectivity index (χ0n) is 15.4. The third kappa shape index (κ3) is 3.53. The first-order chi connectivity index (χ1) is 12.5. The number of likely N-dealkylation sites (tertiary alicyclic amines) is 1. The zero-order valence-corrected chi connectivity index (χ0v) is 15.4. The predicted molar refractivity (Wildman–Crippen MR) is 97.7 cm³/mol. The minimum Gasteiger partial charge on any atom is -0.340 e. The molecule has 1 aromatic carbocycles. The van der Waals surface area contributed by atoms with Crippen LogP contribution in [0.25, 0.3) is 11.4 Å². The Balaban J connectivity index is 1.44. The van der Waals surface area contributed by atoms with Crippen LogP contribution in [0.3, 0.4) is 0 Å². The van der Waals surface area contributed by atoms with E-state index in [2.05, 4.69) is 33.6 Å². The second kappa shape index (κ2) is 7.08. The fraction of sp³-hybridized carbons (Fsp3) is 0.550. The molecular weight excluding hydrogens is 334 g/mol. The normalized spacial score (nSPS) is 21.5. The van der Waals surface area contributed by atoms with Crippen molar-refractivity contribution in [3.05, 3.63) is 41.2 Å². The van der Waals surface area contributed by atoms with E-state index in [0.29, 0.717) is 17.4 Å². The highest BCUT2D eigenvalue weighted by atomic mass is 19.1. The molecule has 0 aliphatic carbocycles. The largest absolute Gasteiger partial charge is 0.340 e. The first kappa shape index (κ1) is 17.6. The number of benzene rings is 1. The van der Waals surface area contributed by atoms with Gasteiger partial charge < -0.3 is 9.88 Å². The Kier molecular flexibility index (Phi) is 4.80. The van der Waals surface area contributed by atoms with Gasteiger partial charge in [-0.1, -0.05) is 0 Å². The minimum atomic E-state index is -0.576. The highest BCUT2D eigenvalue weighted by molar-refractivity contribution is 5.57. The summed E-state index contributed by atoms with van der Waals surface area (Å²) in [7, 11) is 0. The van der Waals surface area contributed by atoms with E-state index in [4.69, 9.17) is 0 Å². The van der Waals surface area contributed by atoms with Gasteiger partial charge >= 0.3 is 0 Å². The molecule has 1 aromatic heterocycles. The van der Waals surface area contributed by atoms with Crippen LogP contribution in [0.5, 0.6) is 0 Å². The highest BCUT2D eigenvalue weighted by Crippen LogP contribution is 2.27. The lowest BCUT2D eigenvalue weighted by Crippen LogP contribution is -2.36. The van der Waals surface area contributed by atoms with E-state index in [1.165, 1.54) is 31.6 Å². The molecule has 4 nitrogen and oxygen atoms in total. The van der Waals surface area contributed by atoms with Crippen molar-refractivity contribution >= 4 is 0 Å². The van der Waals surface area contributed by atoms with Crippen LogP contribution < -0.4 is 0 Å². The Morgan fingerprint density at radius 2 is 2.12 bits per heavy atom. The second-order valence-corrected chi connectivity index (χ2v) is 7.86. The van der Waals surface area contributed by atoms with Crippen LogP contribution in [0.2, 0.25) is 0 Å². The molecule has 2 aliphatic rings. The van der Waals surface area contributed by atoms with Gasteiger partial charge in [-0.25, -0.2) is 13.8 Å². The first-order valence-corrected chi connectivity index (χ1v) is 9.49. The molecule has 0 bridgehead atoms. The average Bonchev–Trinajstić information content (AvgIpc) is 3.21. The van der Waals surface area contributed by atoms with Crippen molar-refractivity contribution in [3.63, 3.8) is 0 Å². The number of nitrogens with one attached hydrogen (secondary N) is 1. The molecule has 0 unspecified atom stereocenters. The van der Waals surface area contributed by atoms with Gasteiger partial charge in [0, 0.05) is 44.7 Å². The van der Waals surface area contributed by atoms with Crippen molar-refractivity contribution in [1.29, 1.82) is 0 Å². The number of aromatic amines is 1. The number of hydrogen-bond donors (Lipinski definition) is 1. The molecule has 3 heterocycles. The summed E-state index contributed by atoms with van der Waals surface area (Å²) in [4.78, 5) is 12.8. The first-order valence-electron chi connectivity index (χ1n) is 9.49. The average molecular weight is 360 g/mol. The summed E-state index contributed by atoms with van der Waals surface area (Å²) >= 11 is 0. The van der Waals surface area contributed by atoms with E-state index in [-0.39, 0.29) is 0 Å². The van der Waals surface area contributed by atoms with Gasteiger partial charge in [0.15, 0.2) is 0 Å². The summed E-state index contributed by atoms with van der Waals surface area (Å²) in [5, 5.41) is 0. The number of rotatable bonds is 4. The number of fused-ring (bicyclic) bond motifs is 1. The molecule has 1 saturated heterocycles. The standard InChI is InChI=1S/C20H26F2N4/c1-13(2)26-8-5-14(11-26)10-25-7-6-18-19(12-25)24-20(23-18)16-4-3-15(21)9-17(16)22/h3-4,9,13-14H,5-8,10-12H2,1-2H3,(H,23,24)/t14-/m0/s1. The lowest BCUT2D eigenvalue weighted by atomic mass is 10.1. The van der Waals surface area contributed by atoms with Gasteiger partial charge in [-0.2, -0.15) is 0 Å². The van der Waals surface area contributed by atoms with Crippen LogP contribution in [0.15, 0.2) is 18.2 Å². The Hall–Kier alpha value is -1.79. The van der Waals surface area contributed by atoms with Crippen molar-refractivity contribution in [2.75, 3.05) is 26.2 Å². The Labute approximate surface area is 153 Å². The maximum atomic E-state index is 14.0. The number of hydrogen-bond acceptors (Lipinski definition) is 3. The molecule has 26 heavy (non-hydrogen) atoms. The van der Waals surface area contributed by atoms with Gasteiger partial charge in [0.2, 0.25) is 0 Å². The number of nitrogens with zero attached hydrogens (tertiary/aromatic N) is 3. The van der Waals surface area contributed by atoms with Gasteiger partial charge in [-0.3, -0.25) is 4.90 Å². The van der Waals surface area contributed by atoms with E-state index in [1.807, 2.05) is 0 Å². The zero-order chi connectivity index (χ0) is 18.3. The van der Waals surface area contributed by atoms with Crippen molar-refractivity contribution < 1.29 is 8.78 Å². The molecule has 0 spiro atoms. The maximum Gasteiger partial charge on any atom is 0.140 e. The summed E-state index contributed by atoms with van der Waals surface area (Å²) in [6, 6.07) is 4.25. The molecule has 2 aliphatic heterocycles. The summed E-state index contributed by atoms with van der Waals surface area (Å²) in [6.07, 6.45) is 2.13. The molecule has 1 atom stereocenters. The summed E-state index contributed by atoms with van der Waals surface area (Å²) in [6.45, 7) is 9.80. The number of imidazole rings is 1. The van der Waals surface area contributed by atoms with Crippen LogP contribution in [0.1, 0.15) is 31.7 Å². The minimum absolute atomic E-state index is 0.329. The van der Waals surface area contributed by atoms with Crippen LogP contribution in [0.4, 0.5) is 8.78 Å². The topological polar surface area (TPSA) is 35.2 Å². The van der Waals surface area contributed by atoms with Crippen molar-refractivity contribution in [2.24, 2.45) is 5.92 Å². The monoisotopic (exact) mass is 360 g/mol. The number of H-pyrrole nitrogens is 1. The Morgan fingerprint density at radius 3 is 2.85 bits per heavy atom. The lowest BCUT2D eigenvalue weighted by Gasteiger charge is -2.29. The van der Waals surface area contributed by atoms with Gasteiger partial charge in [0.25, 0.3) is 0 Å². The van der Waals surface area contributed by atoms with Crippen LogP contribution in [-0.2, 0) is 13.0 Å². The lowest BCUT2D eigenvalue weighted by molar-refractivity contribution is 0.200. The molecule has 1 fully saturated rings. The molecule has 6 heteroatoms. The molecule has 0 radical (unpaired) electrons. The van der Waals surface area contributed by atoms with Gasteiger partial charge in [-0.05, 0) is 44.9 Å². The van der Waals surface area contributed by atoms with E-state index in [0.717, 1.165) is 49.4 Å². The molecule has 2 aromatic rings. The quantitative estimate of drug-likeness (QED) is 0.907. The van der Waals surface area contributed by atoms with Gasteiger partial charge in [-0.15, -0.1) is 0 Å². The summed E-state index contributed by atoms with van der Waals surface area (Å²) < 4.78 is 27.2. The molecule has 0 amide bonds. The fourth-order valence-electron chi connectivity index (χ4n) is 4.16. The molecular formula is C20H26F2N4. The Bertz CT molecular complexity index is 786.